The highest BCUT2D eigenvalue weighted by molar-refractivity contribution is 7.88. The van der Waals surface area contributed by atoms with E-state index in [4.69, 9.17) is 0 Å². The summed E-state index contributed by atoms with van der Waals surface area (Å²) in [6.07, 6.45) is 2.72. The van der Waals surface area contributed by atoms with Crippen LogP contribution in [0.1, 0.15) is 41.3 Å². The van der Waals surface area contributed by atoms with Crippen LogP contribution < -0.4 is 4.90 Å². The highest BCUT2D eigenvalue weighted by Gasteiger charge is 2.31. The largest absolute Gasteiger partial charge is 0.305 e. The van der Waals surface area contributed by atoms with Crippen molar-refractivity contribution >= 4 is 21.6 Å². The summed E-state index contributed by atoms with van der Waals surface area (Å²) in [5.41, 5.74) is 3.46. The molecule has 2 heterocycles. The van der Waals surface area contributed by atoms with Crippen molar-refractivity contribution in [2.75, 3.05) is 18.0 Å². The summed E-state index contributed by atoms with van der Waals surface area (Å²) < 4.78 is 26.5. The van der Waals surface area contributed by atoms with Crippen LogP contribution >= 0.6 is 0 Å². The summed E-state index contributed by atoms with van der Waals surface area (Å²) in [6.45, 7) is 3.28. The Morgan fingerprint density at radius 2 is 1.70 bits per heavy atom. The number of benzene rings is 2. The molecular formula is C21H24N2O3S. The number of fused-ring (bicyclic) bond motifs is 1. The zero-order valence-electron chi connectivity index (χ0n) is 15.5. The number of hydrogen-bond acceptors (Lipinski definition) is 3. The second kappa shape index (κ2) is 7.09. The van der Waals surface area contributed by atoms with E-state index >= 15 is 0 Å². The topological polar surface area (TPSA) is 57.7 Å². The maximum absolute atomic E-state index is 13.0. The Bertz CT molecular complexity index is 948. The highest BCUT2D eigenvalue weighted by atomic mass is 32.2. The van der Waals surface area contributed by atoms with Gasteiger partial charge in [-0.15, -0.1) is 0 Å². The van der Waals surface area contributed by atoms with E-state index < -0.39 is 10.0 Å². The quantitative estimate of drug-likeness (QED) is 0.813. The average molecular weight is 385 g/mol. The third-order valence-electron chi connectivity index (χ3n) is 5.43. The number of anilines is 1. The van der Waals surface area contributed by atoms with Gasteiger partial charge in [-0.2, -0.15) is 0 Å². The number of rotatable bonds is 4. The van der Waals surface area contributed by atoms with Crippen molar-refractivity contribution in [2.24, 2.45) is 0 Å². The van der Waals surface area contributed by atoms with E-state index in [0.717, 1.165) is 24.9 Å². The predicted octanol–water partition coefficient (Wildman–Crippen LogP) is 3.20. The monoisotopic (exact) mass is 384 g/mol. The van der Waals surface area contributed by atoms with Crippen molar-refractivity contribution in [3.8, 4) is 0 Å². The molecule has 0 radical (unpaired) electrons. The van der Waals surface area contributed by atoms with Gasteiger partial charge in [0.15, 0.2) is 0 Å². The molecule has 1 atom stereocenters. The van der Waals surface area contributed by atoms with Gasteiger partial charge in [-0.25, -0.2) is 12.7 Å². The number of sulfonamides is 1. The zero-order valence-corrected chi connectivity index (χ0v) is 16.3. The van der Waals surface area contributed by atoms with Crippen LogP contribution in [0.3, 0.4) is 0 Å². The van der Waals surface area contributed by atoms with Crippen molar-refractivity contribution < 1.29 is 13.2 Å². The summed E-state index contributed by atoms with van der Waals surface area (Å²) in [7, 11) is -3.27. The van der Waals surface area contributed by atoms with E-state index in [-0.39, 0.29) is 17.7 Å². The molecule has 6 heteroatoms. The molecule has 2 aliphatic heterocycles. The first-order chi connectivity index (χ1) is 13.0. The number of hydrogen-bond donors (Lipinski definition) is 0. The molecule has 27 heavy (non-hydrogen) atoms. The fourth-order valence-electron chi connectivity index (χ4n) is 4.03. The second-order valence-corrected chi connectivity index (χ2v) is 9.39. The lowest BCUT2D eigenvalue weighted by molar-refractivity contribution is 0.0981. The van der Waals surface area contributed by atoms with Crippen molar-refractivity contribution in [3.05, 3.63) is 65.2 Å². The molecule has 1 saturated heterocycles. The van der Waals surface area contributed by atoms with Crippen LogP contribution in [0.15, 0.2) is 48.5 Å². The van der Waals surface area contributed by atoms with E-state index in [1.807, 2.05) is 23.1 Å². The molecule has 0 N–H and O–H groups in total. The SMILES string of the molecule is C[C@H]1Cc2ccccc2N1C(=O)c1ccc(CS(=O)(=O)N2CCCC2)cc1. The van der Waals surface area contributed by atoms with E-state index in [2.05, 4.69) is 13.0 Å². The third kappa shape index (κ3) is 3.51. The van der Waals surface area contributed by atoms with Gasteiger partial charge in [0, 0.05) is 30.4 Å². The highest BCUT2D eigenvalue weighted by Crippen LogP contribution is 2.33. The molecule has 0 saturated carbocycles. The molecule has 1 amide bonds. The van der Waals surface area contributed by atoms with Crippen LogP contribution in [0.4, 0.5) is 5.69 Å². The molecular weight excluding hydrogens is 360 g/mol. The Balaban J connectivity index is 1.52. The number of para-hydroxylation sites is 1. The lowest BCUT2D eigenvalue weighted by Gasteiger charge is -2.23. The molecule has 2 aromatic carbocycles. The molecule has 0 unspecified atom stereocenters. The van der Waals surface area contributed by atoms with Crippen molar-refractivity contribution in [1.82, 2.24) is 4.31 Å². The van der Waals surface area contributed by atoms with Crippen LogP contribution in [-0.4, -0.2) is 37.8 Å². The van der Waals surface area contributed by atoms with E-state index in [9.17, 15) is 13.2 Å². The zero-order chi connectivity index (χ0) is 19.0. The molecule has 0 aliphatic carbocycles. The number of amides is 1. The molecule has 4 rings (SSSR count). The Morgan fingerprint density at radius 3 is 2.41 bits per heavy atom. The summed E-state index contributed by atoms with van der Waals surface area (Å²) in [5, 5.41) is 0. The van der Waals surface area contributed by atoms with Crippen molar-refractivity contribution in [2.45, 2.75) is 38.0 Å². The number of carbonyl (C=O) groups is 1. The van der Waals surface area contributed by atoms with Gasteiger partial charge >= 0.3 is 0 Å². The molecule has 0 aromatic heterocycles. The Morgan fingerprint density at radius 1 is 1.04 bits per heavy atom. The summed E-state index contributed by atoms with van der Waals surface area (Å²) >= 11 is 0. The predicted molar refractivity (Wildman–Crippen MR) is 106 cm³/mol. The minimum atomic E-state index is -3.27. The molecule has 1 fully saturated rings. The Kier molecular flexibility index (Phi) is 4.78. The molecule has 0 bridgehead atoms. The van der Waals surface area contributed by atoms with Crippen LogP contribution in [0.2, 0.25) is 0 Å². The molecule has 142 valence electrons. The lowest BCUT2D eigenvalue weighted by atomic mass is 10.1. The third-order valence-corrected chi connectivity index (χ3v) is 7.28. The molecule has 5 nitrogen and oxygen atoms in total. The fourth-order valence-corrected chi connectivity index (χ4v) is 5.64. The number of carbonyl (C=O) groups excluding carboxylic acids is 1. The van der Waals surface area contributed by atoms with Gasteiger partial charge in [0.25, 0.3) is 5.91 Å². The first kappa shape index (κ1) is 18.2. The van der Waals surface area contributed by atoms with Gasteiger partial charge < -0.3 is 4.90 Å². The van der Waals surface area contributed by atoms with Crippen molar-refractivity contribution in [3.63, 3.8) is 0 Å². The maximum Gasteiger partial charge on any atom is 0.258 e. The van der Waals surface area contributed by atoms with Gasteiger partial charge in [0.1, 0.15) is 0 Å². The molecule has 2 aliphatic rings. The summed E-state index contributed by atoms with van der Waals surface area (Å²) in [4.78, 5) is 14.9. The lowest BCUT2D eigenvalue weighted by Crippen LogP contribution is -2.35. The van der Waals surface area contributed by atoms with E-state index in [0.29, 0.717) is 24.2 Å². The van der Waals surface area contributed by atoms with Crippen molar-refractivity contribution in [1.29, 1.82) is 0 Å². The van der Waals surface area contributed by atoms with E-state index in [1.54, 1.807) is 28.6 Å². The van der Waals surface area contributed by atoms with Crippen LogP contribution in [-0.2, 0) is 22.2 Å². The van der Waals surface area contributed by atoms with Gasteiger partial charge in [-0.1, -0.05) is 30.3 Å². The second-order valence-electron chi connectivity index (χ2n) is 7.42. The molecule has 2 aromatic rings. The van der Waals surface area contributed by atoms with Gasteiger partial charge in [0.2, 0.25) is 10.0 Å². The summed E-state index contributed by atoms with van der Waals surface area (Å²) in [5.74, 6) is -0.0499. The minimum Gasteiger partial charge on any atom is -0.305 e. The normalized spacial score (nSPS) is 20.0. The standard InChI is InChI=1S/C21H24N2O3S/c1-16-14-19-6-2-3-7-20(19)23(16)21(24)18-10-8-17(9-11-18)15-27(25,26)22-12-4-5-13-22/h2-3,6-11,16H,4-5,12-15H2,1H3/t16-/m0/s1. The van der Waals surface area contributed by atoms with Crippen LogP contribution in [0.25, 0.3) is 0 Å². The summed E-state index contributed by atoms with van der Waals surface area (Å²) in [6, 6.07) is 15.1. The smallest absolute Gasteiger partial charge is 0.258 e. The van der Waals surface area contributed by atoms with E-state index in [1.165, 1.54) is 5.56 Å². The van der Waals surface area contributed by atoms with Crippen LogP contribution in [0.5, 0.6) is 0 Å². The first-order valence-corrected chi connectivity index (χ1v) is 11.0. The van der Waals surface area contributed by atoms with Gasteiger partial charge in [-0.05, 0) is 55.5 Å². The maximum atomic E-state index is 13.0. The van der Waals surface area contributed by atoms with Gasteiger partial charge in [0.05, 0.1) is 5.75 Å². The Hall–Kier alpha value is -2.18. The Labute approximate surface area is 160 Å². The number of nitrogens with zero attached hydrogens (tertiary/aromatic N) is 2. The average Bonchev–Trinajstić information content (AvgIpc) is 3.29. The fraction of sp³-hybridized carbons (Fsp3) is 0.381. The first-order valence-electron chi connectivity index (χ1n) is 9.44. The minimum absolute atomic E-state index is 0.00950. The van der Waals surface area contributed by atoms with Crippen LogP contribution in [0, 0.1) is 0 Å². The molecule has 0 spiro atoms. The van der Waals surface area contributed by atoms with Gasteiger partial charge in [-0.3, -0.25) is 4.79 Å².